The van der Waals surface area contributed by atoms with Crippen molar-refractivity contribution >= 4 is 28.6 Å². The van der Waals surface area contributed by atoms with Crippen LogP contribution in [0.1, 0.15) is 12.8 Å². The third-order valence-electron chi connectivity index (χ3n) is 6.78. The van der Waals surface area contributed by atoms with Crippen molar-refractivity contribution in [3.05, 3.63) is 102 Å². The number of amides is 1. The molecule has 3 N–H and O–H groups in total. The van der Waals surface area contributed by atoms with Crippen LogP contribution in [0.15, 0.2) is 96.2 Å². The van der Waals surface area contributed by atoms with Gasteiger partial charge in [-0.15, -0.1) is 0 Å². The number of nitrogens with one attached hydrogen (secondary N) is 1. The number of anilines is 2. The lowest BCUT2D eigenvalue weighted by Gasteiger charge is -2.11. The largest absolute Gasteiger partial charge is 0.456 e. The molecule has 5 aromatic rings. The number of pyridine rings is 1. The van der Waals surface area contributed by atoms with Crippen LogP contribution in [-0.4, -0.2) is 54.5 Å². The van der Waals surface area contributed by atoms with Crippen molar-refractivity contribution in [2.45, 2.75) is 18.9 Å². The molecule has 0 atom stereocenters. The summed E-state index contributed by atoms with van der Waals surface area (Å²) in [6.07, 6.45) is 8.62. The minimum Gasteiger partial charge on any atom is -0.456 e. The topological polar surface area (TPSA) is 133 Å². The molecule has 206 valence electrons. The van der Waals surface area contributed by atoms with Gasteiger partial charge in [-0.2, -0.15) is 0 Å². The first kappa shape index (κ1) is 26.0. The summed E-state index contributed by atoms with van der Waals surface area (Å²) in [5, 5.41) is 2.86. The fourth-order valence-electron chi connectivity index (χ4n) is 4.58. The number of nitrogens with two attached hydrogens (primary N) is 1. The Labute approximate surface area is 235 Å². The van der Waals surface area contributed by atoms with E-state index in [-0.39, 0.29) is 11.7 Å². The third-order valence-corrected chi connectivity index (χ3v) is 6.78. The standard InChI is InChI=1S/C30H28N8O3/c1-36(21-12-13-21)16-6-11-26(39)35-20-7-5-8-22(17-20)37-29-27(28(31)33-19-34-29)38(30(37)40)25-15-14-24(18-32-25)41-23-9-3-2-4-10-23/h2-11,14-15,17-19,21H,12-13,16H2,1H3,(H,35,39)(H2,31,33,34)/b11-6+. The van der Waals surface area contributed by atoms with Gasteiger partial charge < -0.3 is 15.8 Å². The maximum absolute atomic E-state index is 13.8. The van der Waals surface area contributed by atoms with E-state index < -0.39 is 5.69 Å². The number of imidazole rings is 1. The molecule has 0 saturated heterocycles. The summed E-state index contributed by atoms with van der Waals surface area (Å²) in [6, 6.07) is 20.3. The molecular weight excluding hydrogens is 520 g/mol. The highest BCUT2D eigenvalue weighted by Gasteiger charge is 2.25. The number of hydrogen-bond acceptors (Lipinski definition) is 8. The molecule has 11 heteroatoms. The van der Waals surface area contributed by atoms with Crippen molar-refractivity contribution in [3.8, 4) is 23.0 Å². The number of nitrogens with zero attached hydrogens (tertiary/aromatic N) is 6. The molecule has 1 aliphatic carbocycles. The maximum Gasteiger partial charge on any atom is 0.340 e. The van der Waals surface area contributed by atoms with Gasteiger partial charge in [0.15, 0.2) is 11.5 Å². The van der Waals surface area contributed by atoms with Gasteiger partial charge in [-0.3, -0.25) is 9.69 Å². The molecule has 6 rings (SSSR count). The predicted octanol–water partition coefficient (Wildman–Crippen LogP) is 3.93. The van der Waals surface area contributed by atoms with Crippen molar-refractivity contribution < 1.29 is 9.53 Å². The lowest BCUT2D eigenvalue weighted by atomic mass is 10.2. The second kappa shape index (κ2) is 11.1. The number of ether oxygens (including phenoxy) is 1. The van der Waals surface area contributed by atoms with Gasteiger partial charge in [0, 0.05) is 24.4 Å². The Bertz CT molecular complexity index is 1790. The Morgan fingerprint density at radius 2 is 1.88 bits per heavy atom. The summed E-state index contributed by atoms with van der Waals surface area (Å²) in [5.74, 6) is 1.38. The Morgan fingerprint density at radius 3 is 2.63 bits per heavy atom. The van der Waals surface area contributed by atoms with Crippen molar-refractivity contribution in [2.24, 2.45) is 0 Å². The molecule has 3 aromatic heterocycles. The predicted molar refractivity (Wildman–Crippen MR) is 157 cm³/mol. The second-order valence-corrected chi connectivity index (χ2v) is 9.76. The molecule has 0 aliphatic heterocycles. The van der Waals surface area contributed by atoms with E-state index in [9.17, 15) is 9.59 Å². The van der Waals surface area contributed by atoms with Crippen LogP contribution in [0.3, 0.4) is 0 Å². The Hall–Kier alpha value is -5.29. The summed E-state index contributed by atoms with van der Waals surface area (Å²) < 4.78 is 8.61. The Balaban J connectivity index is 1.30. The van der Waals surface area contributed by atoms with E-state index in [0.717, 1.165) is 0 Å². The Kier molecular flexibility index (Phi) is 7.00. The lowest BCUT2D eigenvalue weighted by molar-refractivity contribution is -0.111. The summed E-state index contributed by atoms with van der Waals surface area (Å²) in [6.45, 7) is 0.710. The normalized spacial score (nSPS) is 13.2. The number of carbonyl (C=O) groups excluding carboxylic acids is 1. The van der Waals surface area contributed by atoms with E-state index in [1.165, 1.54) is 40.6 Å². The molecule has 11 nitrogen and oxygen atoms in total. The number of nitrogen functional groups attached to an aromatic ring is 1. The van der Waals surface area contributed by atoms with Gasteiger partial charge in [0.25, 0.3) is 0 Å². The quantitative estimate of drug-likeness (QED) is 0.265. The molecule has 0 unspecified atom stereocenters. The zero-order valence-electron chi connectivity index (χ0n) is 22.3. The molecule has 1 fully saturated rings. The van der Waals surface area contributed by atoms with Crippen LogP contribution >= 0.6 is 0 Å². The summed E-state index contributed by atoms with van der Waals surface area (Å²) in [4.78, 5) is 41.5. The van der Waals surface area contributed by atoms with Gasteiger partial charge in [0.05, 0.1) is 11.9 Å². The summed E-state index contributed by atoms with van der Waals surface area (Å²) in [5.41, 5.74) is 7.44. The lowest BCUT2D eigenvalue weighted by Crippen LogP contribution is -2.23. The van der Waals surface area contributed by atoms with Gasteiger partial charge in [-0.05, 0) is 62.4 Å². The minimum absolute atomic E-state index is 0.128. The van der Waals surface area contributed by atoms with Crippen LogP contribution in [0, 0.1) is 0 Å². The van der Waals surface area contributed by atoms with Crippen molar-refractivity contribution in [2.75, 3.05) is 24.6 Å². The van der Waals surface area contributed by atoms with Crippen LogP contribution in [0.25, 0.3) is 22.7 Å². The number of rotatable bonds is 9. The SMILES string of the molecule is CN(C/C=C/C(=O)Nc1cccc(-n2c(=O)n(-c3ccc(Oc4ccccc4)cn3)c3c(N)ncnc32)c1)C1CC1. The molecule has 41 heavy (non-hydrogen) atoms. The first-order valence-corrected chi connectivity index (χ1v) is 13.2. The van der Waals surface area contributed by atoms with E-state index in [4.69, 9.17) is 10.5 Å². The molecule has 0 radical (unpaired) electrons. The summed E-state index contributed by atoms with van der Waals surface area (Å²) in [7, 11) is 2.05. The van der Waals surface area contributed by atoms with E-state index in [2.05, 4.69) is 32.2 Å². The molecule has 3 heterocycles. The van der Waals surface area contributed by atoms with Crippen molar-refractivity contribution in [1.29, 1.82) is 0 Å². The monoisotopic (exact) mass is 548 g/mol. The highest BCUT2D eigenvalue weighted by atomic mass is 16.5. The molecule has 1 aliphatic rings. The molecule has 0 bridgehead atoms. The first-order valence-electron chi connectivity index (χ1n) is 13.2. The van der Waals surface area contributed by atoms with Gasteiger partial charge in [0.2, 0.25) is 5.91 Å². The number of benzene rings is 2. The Morgan fingerprint density at radius 1 is 1.05 bits per heavy atom. The smallest absolute Gasteiger partial charge is 0.340 e. The van der Waals surface area contributed by atoms with Crippen molar-refractivity contribution in [3.63, 3.8) is 0 Å². The van der Waals surface area contributed by atoms with Gasteiger partial charge in [-0.1, -0.05) is 30.3 Å². The van der Waals surface area contributed by atoms with E-state index >= 15 is 0 Å². The van der Waals surface area contributed by atoms with Crippen LogP contribution in [0.5, 0.6) is 11.5 Å². The molecule has 0 spiro atoms. The number of hydrogen-bond donors (Lipinski definition) is 2. The second-order valence-electron chi connectivity index (χ2n) is 9.76. The van der Waals surface area contributed by atoms with Crippen LogP contribution < -0.4 is 21.5 Å². The van der Waals surface area contributed by atoms with E-state index in [1.54, 1.807) is 36.4 Å². The third kappa shape index (κ3) is 5.56. The van der Waals surface area contributed by atoms with Gasteiger partial charge in [0.1, 0.15) is 29.2 Å². The zero-order valence-corrected chi connectivity index (χ0v) is 22.3. The zero-order chi connectivity index (χ0) is 28.3. The van der Waals surface area contributed by atoms with Crippen LogP contribution in [0.4, 0.5) is 11.5 Å². The summed E-state index contributed by atoms with van der Waals surface area (Å²) >= 11 is 0. The maximum atomic E-state index is 13.8. The number of fused-ring (bicyclic) bond motifs is 1. The van der Waals surface area contributed by atoms with Gasteiger partial charge >= 0.3 is 5.69 Å². The van der Waals surface area contributed by atoms with Gasteiger partial charge in [-0.25, -0.2) is 28.9 Å². The number of aromatic nitrogens is 5. The highest BCUT2D eigenvalue weighted by Crippen LogP contribution is 2.26. The number of likely N-dealkylation sites (N-methyl/N-ethyl adjacent to an activating group) is 1. The fourth-order valence-corrected chi connectivity index (χ4v) is 4.58. The molecular formula is C30H28N8O3. The molecule has 1 saturated carbocycles. The van der Waals surface area contributed by atoms with E-state index in [1.807, 2.05) is 36.4 Å². The van der Waals surface area contributed by atoms with Crippen LogP contribution in [-0.2, 0) is 4.79 Å². The number of para-hydroxylation sites is 1. The van der Waals surface area contributed by atoms with Crippen molar-refractivity contribution in [1.82, 2.24) is 29.0 Å². The minimum atomic E-state index is -0.442. The average Bonchev–Trinajstić information content (AvgIpc) is 3.78. The highest BCUT2D eigenvalue weighted by molar-refractivity contribution is 5.99. The average molecular weight is 549 g/mol. The molecule has 1 amide bonds. The van der Waals surface area contributed by atoms with Crippen LogP contribution in [0.2, 0.25) is 0 Å². The number of carbonyl (C=O) groups is 1. The van der Waals surface area contributed by atoms with E-state index in [0.29, 0.717) is 52.4 Å². The fraction of sp³-hybridized carbons (Fsp3) is 0.167. The first-order chi connectivity index (χ1) is 20.0. The molecule has 2 aromatic carbocycles.